The smallest absolute Gasteiger partial charge is 0.251 e. The van der Waals surface area contributed by atoms with E-state index in [9.17, 15) is 4.79 Å². The number of rotatable bonds is 4. The second-order valence-electron chi connectivity index (χ2n) is 6.98. The van der Waals surface area contributed by atoms with Crippen LogP contribution < -0.4 is 10.1 Å². The Hall–Kier alpha value is -2.00. The molecule has 0 heterocycles. The van der Waals surface area contributed by atoms with Gasteiger partial charge in [0, 0.05) is 22.5 Å². The molecule has 0 radical (unpaired) electrons. The molecule has 2 aromatic rings. The van der Waals surface area contributed by atoms with Crippen molar-refractivity contribution in [2.75, 3.05) is 7.11 Å². The van der Waals surface area contributed by atoms with Crippen molar-refractivity contribution in [2.45, 2.75) is 32.7 Å². The first-order valence-electron chi connectivity index (χ1n) is 8.05. The number of hydrogen-bond donors (Lipinski definition) is 1. The number of carbonyl (C=O) groups is 1. The molecule has 1 fully saturated rings. The summed E-state index contributed by atoms with van der Waals surface area (Å²) in [4.78, 5) is 12.7. The minimum absolute atomic E-state index is 0.0316. The standard InChI is InChI=1S/C20H22ClNO2/c1-12-11-15(24-4)9-10-16(12)19(23)22-18-17(20(18,2)3)13-5-7-14(21)8-6-13/h5-11,17-18H,1-4H3,(H,22,23)/t17-,18?/m0/s1. The van der Waals surface area contributed by atoms with Gasteiger partial charge in [-0.1, -0.05) is 37.6 Å². The van der Waals surface area contributed by atoms with E-state index in [4.69, 9.17) is 16.3 Å². The maximum atomic E-state index is 12.7. The molecular weight excluding hydrogens is 322 g/mol. The van der Waals surface area contributed by atoms with E-state index in [1.807, 2.05) is 49.4 Å². The third-order valence-electron chi connectivity index (χ3n) is 5.02. The summed E-state index contributed by atoms with van der Waals surface area (Å²) in [5.41, 5.74) is 2.84. The van der Waals surface area contributed by atoms with E-state index in [2.05, 4.69) is 19.2 Å². The summed E-state index contributed by atoms with van der Waals surface area (Å²) in [5.74, 6) is 1.02. The van der Waals surface area contributed by atoms with Crippen LogP contribution in [0.15, 0.2) is 42.5 Å². The lowest BCUT2D eigenvalue weighted by molar-refractivity contribution is 0.0945. The zero-order chi connectivity index (χ0) is 17.5. The number of halogens is 1. The molecule has 0 saturated heterocycles. The van der Waals surface area contributed by atoms with E-state index in [-0.39, 0.29) is 17.4 Å². The molecule has 2 atom stereocenters. The normalized spacial score (nSPS) is 21.2. The summed E-state index contributed by atoms with van der Waals surface area (Å²) < 4.78 is 5.20. The van der Waals surface area contributed by atoms with Crippen LogP contribution in [0.2, 0.25) is 5.02 Å². The van der Waals surface area contributed by atoms with Crippen molar-refractivity contribution in [3.63, 3.8) is 0 Å². The maximum absolute atomic E-state index is 12.7. The quantitative estimate of drug-likeness (QED) is 0.882. The average Bonchev–Trinajstić information content (AvgIpc) is 3.08. The maximum Gasteiger partial charge on any atom is 0.251 e. The van der Waals surface area contributed by atoms with Gasteiger partial charge in [-0.3, -0.25) is 4.79 Å². The monoisotopic (exact) mass is 343 g/mol. The summed E-state index contributed by atoms with van der Waals surface area (Å²) in [5, 5.41) is 3.92. The van der Waals surface area contributed by atoms with Crippen LogP contribution in [0.4, 0.5) is 0 Å². The summed E-state index contributed by atoms with van der Waals surface area (Å²) in [6.07, 6.45) is 0. The molecule has 1 saturated carbocycles. The van der Waals surface area contributed by atoms with E-state index in [1.54, 1.807) is 7.11 Å². The number of nitrogens with one attached hydrogen (secondary N) is 1. The third-order valence-corrected chi connectivity index (χ3v) is 5.27. The Morgan fingerprint density at radius 3 is 2.42 bits per heavy atom. The predicted molar refractivity (Wildman–Crippen MR) is 97.0 cm³/mol. The fraction of sp³-hybridized carbons (Fsp3) is 0.350. The fourth-order valence-corrected chi connectivity index (χ4v) is 3.56. The third kappa shape index (κ3) is 3.01. The van der Waals surface area contributed by atoms with Crippen LogP contribution in [0.5, 0.6) is 5.75 Å². The number of aryl methyl sites for hydroxylation is 1. The van der Waals surface area contributed by atoms with E-state index < -0.39 is 0 Å². The zero-order valence-corrected chi connectivity index (χ0v) is 15.1. The van der Waals surface area contributed by atoms with E-state index >= 15 is 0 Å². The van der Waals surface area contributed by atoms with Crippen LogP contribution in [0, 0.1) is 12.3 Å². The molecule has 4 heteroatoms. The molecule has 1 N–H and O–H groups in total. The minimum atomic E-state index is -0.0373. The first kappa shape index (κ1) is 16.8. The van der Waals surface area contributed by atoms with Crippen LogP contribution in [0.1, 0.15) is 41.3 Å². The number of methoxy groups -OCH3 is 1. The van der Waals surface area contributed by atoms with Gasteiger partial charge in [0.25, 0.3) is 5.91 Å². The lowest BCUT2D eigenvalue weighted by Gasteiger charge is -2.10. The molecule has 2 aromatic carbocycles. The second kappa shape index (κ2) is 6.14. The van der Waals surface area contributed by atoms with E-state index in [0.29, 0.717) is 11.5 Å². The van der Waals surface area contributed by atoms with Gasteiger partial charge in [0.05, 0.1) is 7.11 Å². The Kier molecular flexibility index (Phi) is 4.31. The molecule has 1 aliphatic rings. The molecule has 1 amide bonds. The molecule has 1 aliphatic carbocycles. The van der Waals surface area contributed by atoms with Gasteiger partial charge < -0.3 is 10.1 Å². The summed E-state index contributed by atoms with van der Waals surface area (Å²) >= 11 is 5.97. The highest BCUT2D eigenvalue weighted by Crippen LogP contribution is 2.58. The molecule has 0 aromatic heterocycles. The Balaban J connectivity index is 1.76. The van der Waals surface area contributed by atoms with Crippen LogP contribution in [0.25, 0.3) is 0 Å². The van der Waals surface area contributed by atoms with Crippen molar-refractivity contribution in [3.8, 4) is 5.75 Å². The number of benzene rings is 2. The van der Waals surface area contributed by atoms with Crippen LogP contribution in [0.3, 0.4) is 0 Å². The Morgan fingerprint density at radius 1 is 1.17 bits per heavy atom. The predicted octanol–water partition coefficient (Wildman–Crippen LogP) is 4.58. The van der Waals surface area contributed by atoms with Crippen molar-refractivity contribution in [2.24, 2.45) is 5.41 Å². The Morgan fingerprint density at radius 2 is 1.83 bits per heavy atom. The van der Waals surface area contributed by atoms with Crippen LogP contribution >= 0.6 is 11.6 Å². The molecule has 0 spiro atoms. The van der Waals surface area contributed by atoms with Gasteiger partial charge in [-0.2, -0.15) is 0 Å². The van der Waals surface area contributed by atoms with Crippen LogP contribution in [-0.2, 0) is 0 Å². The highest BCUT2D eigenvalue weighted by molar-refractivity contribution is 6.30. The van der Waals surface area contributed by atoms with Crippen LogP contribution in [-0.4, -0.2) is 19.1 Å². The summed E-state index contributed by atoms with van der Waals surface area (Å²) in [6.45, 7) is 6.28. The SMILES string of the molecule is COc1ccc(C(=O)NC2[C@H](c3ccc(Cl)cc3)C2(C)C)c(C)c1. The van der Waals surface area contributed by atoms with Crippen molar-refractivity contribution in [3.05, 3.63) is 64.2 Å². The molecule has 0 bridgehead atoms. The molecule has 126 valence electrons. The number of hydrogen-bond acceptors (Lipinski definition) is 2. The van der Waals surface area contributed by atoms with Gasteiger partial charge in [-0.05, 0) is 53.8 Å². The first-order valence-corrected chi connectivity index (χ1v) is 8.43. The fourth-order valence-electron chi connectivity index (χ4n) is 3.44. The van der Waals surface area contributed by atoms with Crippen molar-refractivity contribution in [1.29, 1.82) is 0 Å². The van der Waals surface area contributed by atoms with Gasteiger partial charge >= 0.3 is 0 Å². The second-order valence-corrected chi connectivity index (χ2v) is 7.42. The molecule has 3 rings (SSSR count). The topological polar surface area (TPSA) is 38.3 Å². The minimum Gasteiger partial charge on any atom is -0.497 e. The van der Waals surface area contributed by atoms with Crippen molar-refractivity contribution < 1.29 is 9.53 Å². The number of amides is 1. The van der Waals surface area contributed by atoms with E-state index in [1.165, 1.54) is 5.56 Å². The highest BCUT2D eigenvalue weighted by atomic mass is 35.5. The lowest BCUT2D eigenvalue weighted by atomic mass is 10.0. The van der Waals surface area contributed by atoms with Crippen molar-refractivity contribution >= 4 is 17.5 Å². The average molecular weight is 344 g/mol. The highest BCUT2D eigenvalue weighted by Gasteiger charge is 2.59. The largest absolute Gasteiger partial charge is 0.497 e. The van der Waals surface area contributed by atoms with Gasteiger partial charge in [-0.25, -0.2) is 0 Å². The zero-order valence-electron chi connectivity index (χ0n) is 14.4. The number of carbonyl (C=O) groups excluding carboxylic acids is 1. The molecule has 3 nitrogen and oxygen atoms in total. The summed E-state index contributed by atoms with van der Waals surface area (Å²) in [7, 11) is 1.62. The molecule has 24 heavy (non-hydrogen) atoms. The Labute approximate surface area is 148 Å². The van der Waals surface area contributed by atoms with Gasteiger partial charge in [0.2, 0.25) is 0 Å². The van der Waals surface area contributed by atoms with Crippen molar-refractivity contribution in [1.82, 2.24) is 5.32 Å². The number of ether oxygens (including phenoxy) is 1. The molecule has 0 aliphatic heterocycles. The molecule has 1 unspecified atom stereocenters. The Bertz CT molecular complexity index is 768. The lowest BCUT2D eigenvalue weighted by Crippen LogP contribution is -2.29. The molecular formula is C20H22ClNO2. The van der Waals surface area contributed by atoms with Gasteiger partial charge in [-0.15, -0.1) is 0 Å². The van der Waals surface area contributed by atoms with E-state index in [0.717, 1.165) is 16.3 Å². The van der Waals surface area contributed by atoms with Gasteiger partial charge in [0.15, 0.2) is 0 Å². The first-order chi connectivity index (χ1) is 11.3. The summed E-state index contributed by atoms with van der Waals surface area (Å²) in [6, 6.07) is 13.5. The van der Waals surface area contributed by atoms with Gasteiger partial charge in [0.1, 0.15) is 5.75 Å².